The van der Waals surface area contributed by atoms with Crippen molar-refractivity contribution in [2.45, 2.75) is 13.3 Å². The number of anilines is 1. The molecule has 1 aromatic carbocycles. The molecule has 0 aliphatic carbocycles. The predicted molar refractivity (Wildman–Crippen MR) is 68.1 cm³/mol. The van der Waals surface area contributed by atoms with Crippen molar-refractivity contribution in [2.75, 3.05) is 5.73 Å². The van der Waals surface area contributed by atoms with Gasteiger partial charge in [-0.25, -0.2) is 9.97 Å². The predicted octanol–water partition coefficient (Wildman–Crippen LogP) is 2.72. The van der Waals surface area contributed by atoms with Crippen molar-refractivity contribution in [3.05, 3.63) is 51.9 Å². The summed E-state index contributed by atoms with van der Waals surface area (Å²) in [5, 5.41) is 0. The van der Waals surface area contributed by atoms with Gasteiger partial charge in [-0.3, -0.25) is 0 Å². The maximum absolute atomic E-state index is 5.68. The van der Waals surface area contributed by atoms with E-state index in [1.54, 1.807) is 0 Å². The molecule has 0 aliphatic heterocycles. The van der Waals surface area contributed by atoms with E-state index in [4.69, 9.17) is 5.73 Å². The zero-order valence-electron chi connectivity index (χ0n) is 8.94. The monoisotopic (exact) mass is 277 g/mol. The summed E-state index contributed by atoms with van der Waals surface area (Å²) in [6.45, 7) is 1.85. The van der Waals surface area contributed by atoms with E-state index >= 15 is 0 Å². The van der Waals surface area contributed by atoms with Gasteiger partial charge in [0.2, 0.25) is 0 Å². The standard InChI is InChI=1S/C12H12BrN3/c1-8-15-11(7-12(14)16-8)6-9-2-4-10(13)5-3-9/h2-5,7H,6H2,1H3,(H2,14,15,16). The van der Waals surface area contributed by atoms with Crippen LogP contribution in [-0.4, -0.2) is 9.97 Å². The summed E-state index contributed by atoms with van der Waals surface area (Å²) in [4.78, 5) is 8.40. The number of nitrogens with two attached hydrogens (primary N) is 1. The lowest BCUT2D eigenvalue weighted by molar-refractivity contribution is 0.974. The summed E-state index contributed by atoms with van der Waals surface area (Å²) in [7, 11) is 0. The third-order valence-corrected chi connectivity index (χ3v) is 2.74. The van der Waals surface area contributed by atoms with Gasteiger partial charge in [-0.1, -0.05) is 28.1 Å². The molecular weight excluding hydrogens is 266 g/mol. The Morgan fingerprint density at radius 1 is 1.19 bits per heavy atom. The Bertz CT molecular complexity index is 474. The molecule has 4 heteroatoms. The molecule has 1 heterocycles. The van der Waals surface area contributed by atoms with Gasteiger partial charge in [0, 0.05) is 17.0 Å². The van der Waals surface area contributed by atoms with Crippen LogP contribution in [0.1, 0.15) is 17.1 Å². The number of benzene rings is 1. The van der Waals surface area contributed by atoms with E-state index in [9.17, 15) is 0 Å². The number of hydrogen-bond donors (Lipinski definition) is 1. The Morgan fingerprint density at radius 3 is 2.50 bits per heavy atom. The Hall–Kier alpha value is -1.42. The normalized spacial score (nSPS) is 10.4. The largest absolute Gasteiger partial charge is 0.384 e. The minimum absolute atomic E-state index is 0.527. The first-order valence-corrected chi connectivity index (χ1v) is 5.77. The molecule has 0 unspecified atom stereocenters. The van der Waals surface area contributed by atoms with Crippen LogP contribution >= 0.6 is 15.9 Å². The van der Waals surface area contributed by atoms with Crippen LogP contribution in [0.3, 0.4) is 0 Å². The maximum atomic E-state index is 5.68. The van der Waals surface area contributed by atoms with Crippen molar-refractivity contribution in [3.8, 4) is 0 Å². The van der Waals surface area contributed by atoms with Crippen LogP contribution in [0.2, 0.25) is 0 Å². The number of aromatic nitrogens is 2. The number of hydrogen-bond acceptors (Lipinski definition) is 3. The first-order chi connectivity index (χ1) is 7.63. The summed E-state index contributed by atoms with van der Waals surface area (Å²) in [6.07, 6.45) is 0.779. The molecule has 0 amide bonds. The number of rotatable bonds is 2. The van der Waals surface area contributed by atoms with Gasteiger partial charge in [0.15, 0.2) is 0 Å². The molecule has 0 atom stereocenters. The van der Waals surface area contributed by atoms with E-state index in [1.807, 2.05) is 25.1 Å². The summed E-state index contributed by atoms with van der Waals surface area (Å²) >= 11 is 3.41. The van der Waals surface area contributed by atoms with Crippen molar-refractivity contribution in [2.24, 2.45) is 0 Å². The second-order valence-corrected chi connectivity index (χ2v) is 4.55. The molecule has 3 nitrogen and oxygen atoms in total. The molecule has 82 valence electrons. The third kappa shape index (κ3) is 2.79. The number of aryl methyl sites for hydroxylation is 1. The topological polar surface area (TPSA) is 51.8 Å². The highest BCUT2D eigenvalue weighted by Crippen LogP contribution is 2.14. The number of halogens is 1. The van der Waals surface area contributed by atoms with Gasteiger partial charge >= 0.3 is 0 Å². The molecular formula is C12H12BrN3. The fraction of sp³-hybridized carbons (Fsp3) is 0.167. The Kier molecular flexibility index (Phi) is 3.19. The van der Waals surface area contributed by atoms with E-state index in [0.717, 1.165) is 16.6 Å². The van der Waals surface area contributed by atoms with Crippen LogP contribution in [0, 0.1) is 6.92 Å². The first-order valence-electron chi connectivity index (χ1n) is 4.98. The molecule has 2 N–H and O–H groups in total. The third-order valence-electron chi connectivity index (χ3n) is 2.21. The fourth-order valence-electron chi connectivity index (χ4n) is 1.56. The first kappa shape index (κ1) is 11.1. The lowest BCUT2D eigenvalue weighted by Crippen LogP contribution is -2.00. The van der Waals surface area contributed by atoms with Crippen molar-refractivity contribution in [1.29, 1.82) is 0 Å². The van der Waals surface area contributed by atoms with Gasteiger partial charge in [0.05, 0.1) is 5.69 Å². The highest BCUT2D eigenvalue weighted by atomic mass is 79.9. The molecule has 2 aromatic rings. The average Bonchev–Trinajstić information content (AvgIpc) is 2.20. The fourth-order valence-corrected chi connectivity index (χ4v) is 1.82. The zero-order valence-corrected chi connectivity index (χ0v) is 10.5. The molecule has 0 aliphatic rings. The Balaban J connectivity index is 2.23. The van der Waals surface area contributed by atoms with Gasteiger partial charge in [0.1, 0.15) is 11.6 Å². The summed E-state index contributed by atoms with van der Waals surface area (Å²) in [5.41, 5.74) is 7.84. The molecule has 0 radical (unpaired) electrons. The molecule has 0 fully saturated rings. The van der Waals surface area contributed by atoms with Crippen LogP contribution in [0.25, 0.3) is 0 Å². The highest BCUT2D eigenvalue weighted by Gasteiger charge is 2.01. The van der Waals surface area contributed by atoms with Crippen LogP contribution in [-0.2, 0) is 6.42 Å². The lowest BCUT2D eigenvalue weighted by atomic mass is 10.1. The molecule has 0 spiro atoms. The lowest BCUT2D eigenvalue weighted by Gasteiger charge is -2.03. The van der Waals surface area contributed by atoms with E-state index in [2.05, 4.69) is 38.0 Å². The van der Waals surface area contributed by atoms with Crippen molar-refractivity contribution in [1.82, 2.24) is 9.97 Å². The van der Waals surface area contributed by atoms with Gasteiger partial charge in [0.25, 0.3) is 0 Å². The molecule has 0 saturated heterocycles. The van der Waals surface area contributed by atoms with E-state index in [1.165, 1.54) is 5.56 Å². The van der Waals surface area contributed by atoms with Gasteiger partial charge in [-0.05, 0) is 24.6 Å². The second kappa shape index (κ2) is 4.61. The van der Waals surface area contributed by atoms with Gasteiger partial charge < -0.3 is 5.73 Å². The van der Waals surface area contributed by atoms with Crippen LogP contribution in [0.15, 0.2) is 34.8 Å². The average molecular weight is 278 g/mol. The minimum Gasteiger partial charge on any atom is -0.384 e. The van der Waals surface area contributed by atoms with E-state index in [0.29, 0.717) is 11.6 Å². The summed E-state index contributed by atoms with van der Waals surface area (Å²) in [6, 6.07) is 9.99. The van der Waals surface area contributed by atoms with E-state index < -0.39 is 0 Å². The molecule has 1 aromatic heterocycles. The summed E-state index contributed by atoms with van der Waals surface area (Å²) < 4.78 is 1.08. The number of nitrogens with zero attached hydrogens (tertiary/aromatic N) is 2. The van der Waals surface area contributed by atoms with Crippen LogP contribution in [0.5, 0.6) is 0 Å². The number of nitrogen functional groups attached to an aromatic ring is 1. The molecule has 0 bridgehead atoms. The Morgan fingerprint density at radius 2 is 1.88 bits per heavy atom. The molecule has 16 heavy (non-hydrogen) atoms. The minimum atomic E-state index is 0.527. The van der Waals surface area contributed by atoms with Crippen molar-refractivity contribution >= 4 is 21.7 Å². The summed E-state index contributed by atoms with van der Waals surface area (Å²) in [5.74, 6) is 1.24. The second-order valence-electron chi connectivity index (χ2n) is 3.63. The molecule has 2 rings (SSSR count). The highest BCUT2D eigenvalue weighted by molar-refractivity contribution is 9.10. The SMILES string of the molecule is Cc1nc(N)cc(Cc2ccc(Br)cc2)n1. The van der Waals surface area contributed by atoms with E-state index in [-0.39, 0.29) is 0 Å². The van der Waals surface area contributed by atoms with Gasteiger partial charge in [-0.15, -0.1) is 0 Å². The molecule has 0 saturated carbocycles. The van der Waals surface area contributed by atoms with Crippen molar-refractivity contribution < 1.29 is 0 Å². The quantitative estimate of drug-likeness (QED) is 0.918. The smallest absolute Gasteiger partial charge is 0.127 e. The van der Waals surface area contributed by atoms with Crippen molar-refractivity contribution in [3.63, 3.8) is 0 Å². The van der Waals surface area contributed by atoms with Gasteiger partial charge in [-0.2, -0.15) is 0 Å². The Labute approximate surface area is 103 Å². The maximum Gasteiger partial charge on any atom is 0.127 e. The zero-order chi connectivity index (χ0) is 11.5. The van der Waals surface area contributed by atoms with Crippen LogP contribution < -0.4 is 5.73 Å². The van der Waals surface area contributed by atoms with Crippen LogP contribution in [0.4, 0.5) is 5.82 Å².